The Morgan fingerprint density at radius 3 is 1.91 bits per heavy atom. The molecule has 0 bridgehead atoms. The summed E-state index contributed by atoms with van der Waals surface area (Å²) >= 11 is 0. The van der Waals surface area contributed by atoms with E-state index in [1.807, 2.05) is 0 Å². The van der Waals surface area contributed by atoms with Crippen LogP contribution in [0.1, 0.15) is 12.5 Å². The molecular formula is C11H7F5O6S. The molecule has 1 rings (SSSR count). The zero-order valence-corrected chi connectivity index (χ0v) is 12.1. The van der Waals surface area contributed by atoms with Gasteiger partial charge < -0.3 is 4.74 Å². The summed E-state index contributed by atoms with van der Waals surface area (Å²) in [6, 6.07) is 0. The fourth-order valence-electron chi connectivity index (χ4n) is 1.40. The van der Waals surface area contributed by atoms with Crippen LogP contribution < -0.4 is 4.74 Å². The number of hydrogen-bond donors (Lipinski definition) is 1. The van der Waals surface area contributed by atoms with Gasteiger partial charge in [0.2, 0.25) is 11.6 Å². The van der Waals surface area contributed by atoms with E-state index in [1.54, 1.807) is 0 Å². The van der Waals surface area contributed by atoms with Crippen molar-refractivity contribution in [1.29, 1.82) is 0 Å². The van der Waals surface area contributed by atoms with E-state index in [9.17, 15) is 40.0 Å². The van der Waals surface area contributed by atoms with Crippen LogP contribution in [0.4, 0.5) is 22.0 Å². The summed E-state index contributed by atoms with van der Waals surface area (Å²) in [5.74, 6) is -15.5. The van der Waals surface area contributed by atoms with E-state index in [2.05, 4.69) is 4.74 Å². The first-order valence-corrected chi connectivity index (χ1v) is 6.92. The third-order valence-electron chi connectivity index (χ3n) is 2.71. The van der Waals surface area contributed by atoms with Crippen LogP contribution in [0.2, 0.25) is 0 Å². The number of benzene rings is 1. The van der Waals surface area contributed by atoms with Crippen LogP contribution in [-0.4, -0.2) is 29.7 Å². The smallest absolute Gasteiger partial charge is 0.387 e. The molecule has 23 heavy (non-hydrogen) atoms. The van der Waals surface area contributed by atoms with Gasteiger partial charge in [-0.25, -0.2) is 22.4 Å². The molecule has 1 unspecified atom stereocenters. The molecule has 0 amide bonds. The van der Waals surface area contributed by atoms with E-state index in [0.717, 1.165) is 0 Å². The van der Waals surface area contributed by atoms with Crippen molar-refractivity contribution < 1.29 is 49.2 Å². The van der Waals surface area contributed by atoms with Crippen molar-refractivity contribution in [3.63, 3.8) is 0 Å². The van der Waals surface area contributed by atoms with Crippen LogP contribution in [0.5, 0.6) is 5.75 Å². The van der Waals surface area contributed by atoms with Crippen molar-refractivity contribution in [2.24, 2.45) is 0 Å². The average Bonchev–Trinajstić information content (AvgIpc) is 2.44. The first kappa shape index (κ1) is 19.0. The highest BCUT2D eigenvalue weighted by atomic mass is 32.2. The third kappa shape index (κ3) is 2.91. The summed E-state index contributed by atoms with van der Waals surface area (Å²) in [6.07, 6.45) is 0. The van der Waals surface area contributed by atoms with Gasteiger partial charge in [0.25, 0.3) is 0 Å². The first-order chi connectivity index (χ1) is 10.3. The Hall–Kier alpha value is -2.08. The molecule has 1 atom stereocenters. The van der Waals surface area contributed by atoms with Gasteiger partial charge in [-0.15, -0.1) is 0 Å². The standard InChI is InChI=1S/C11H7F5O6S/c1-3-5(12)7(14)8(15)9(6(3)13)22-10(18)11(16,4(2)17)23(19,20)21/h1-2H3,(H,19,20,21). The molecule has 0 spiro atoms. The maximum Gasteiger partial charge on any atom is 0.387 e. The van der Waals surface area contributed by atoms with Gasteiger partial charge in [0, 0.05) is 5.56 Å². The van der Waals surface area contributed by atoms with E-state index in [0.29, 0.717) is 6.92 Å². The highest BCUT2D eigenvalue weighted by Crippen LogP contribution is 2.32. The minimum Gasteiger partial charge on any atom is -0.416 e. The fourth-order valence-corrected chi connectivity index (χ4v) is 2.02. The molecule has 0 saturated heterocycles. The second-order valence-corrected chi connectivity index (χ2v) is 5.74. The van der Waals surface area contributed by atoms with Crippen LogP contribution in [0.15, 0.2) is 0 Å². The van der Waals surface area contributed by atoms with E-state index in [1.165, 1.54) is 0 Å². The molecular weight excluding hydrogens is 355 g/mol. The predicted molar refractivity (Wildman–Crippen MR) is 62.7 cm³/mol. The van der Waals surface area contributed by atoms with Crippen molar-refractivity contribution >= 4 is 21.9 Å². The number of alkyl halides is 1. The van der Waals surface area contributed by atoms with Gasteiger partial charge in [-0.1, -0.05) is 0 Å². The summed E-state index contributed by atoms with van der Waals surface area (Å²) in [6.45, 7) is 0.833. The van der Waals surface area contributed by atoms with Gasteiger partial charge in [-0.2, -0.15) is 12.8 Å². The lowest BCUT2D eigenvalue weighted by Gasteiger charge is -2.18. The lowest BCUT2D eigenvalue weighted by Crippen LogP contribution is -2.50. The predicted octanol–water partition coefficient (Wildman–Crippen LogP) is 1.60. The number of carbonyl (C=O) groups excluding carboxylic acids is 2. The van der Waals surface area contributed by atoms with E-state index in [-0.39, 0.29) is 6.92 Å². The van der Waals surface area contributed by atoms with Crippen molar-refractivity contribution in [1.82, 2.24) is 0 Å². The molecule has 6 nitrogen and oxygen atoms in total. The Balaban J connectivity index is 3.50. The summed E-state index contributed by atoms with van der Waals surface area (Å²) in [4.78, 5) is 22.4. The molecule has 0 fully saturated rings. The Morgan fingerprint density at radius 2 is 1.52 bits per heavy atom. The van der Waals surface area contributed by atoms with Gasteiger partial charge in [-0.3, -0.25) is 9.35 Å². The van der Waals surface area contributed by atoms with Crippen molar-refractivity contribution in [2.75, 3.05) is 0 Å². The monoisotopic (exact) mass is 362 g/mol. The van der Waals surface area contributed by atoms with Crippen LogP contribution in [0, 0.1) is 30.2 Å². The summed E-state index contributed by atoms with van der Waals surface area (Å²) in [5.41, 5.74) is -1.16. The van der Waals surface area contributed by atoms with Crippen LogP contribution in [0.25, 0.3) is 0 Å². The summed E-state index contributed by atoms with van der Waals surface area (Å²) in [7, 11) is -6.04. The SMILES string of the molecule is CC(=O)C(F)(C(=O)Oc1c(F)c(C)c(F)c(F)c1F)S(=O)(=O)O. The number of hydrogen-bond acceptors (Lipinski definition) is 5. The second-order valence-electron chi connectivity index (χ2n) is 4.23. The number of esters is 1. The molecule has 0 aliphatic rings. The Bertz CT molecular complexity index is 777. The van der Waals surface area contributed by atoms with Gasteiger partial charge in [0.1, 0.15) is 0 Å². The zero-order chi connectivity index (χ0) is 18.3. The molecule has 0 radical (unpaired) electrons. The zero-order valence-electron chi connectivity index (χ0n) is 11.3. The molecule has 1 aromatic rings. The normalized spacial score (nSPS) is 14.3. The molecule has 1 N–H and O–H groups in total. The van der Waals surface area contributed by atoms with E-state index >= 15 is 0 Å². The van der Waals surface area contributed by atoms with Crippen LogP contribution in [-0.2, 0) is 19.7 Å². The molecule has 0 saturated carbocycles. The maximum atomic E-state index is 14.0. The minimum atomic E-state index is -6.04. The average molecular weight is 362 g/mol. The van der Waals surface area contributed by atoms with Gasteiger partial charge in [0.15, 0.2) is 23.2 Å². The number of rotatable bonds is 4. The maximum absolute atomic E-state index is 14.0. The van der Waals surface area contributed by atoms with Gasteiger partial charge in [0.05, 0.1) is 0 Å². The van der Waals surface area contributed by atoms with Crippen LogP contribution in [0.3, 0.4) is 0 Å². The molecule has 1 aromatic carbocycles. The molecule has 0 aliphatic heterocycles. The molecule has 0 aliphatic carbocycles. The number of carbonyl (C=O) groups is 2. The second kappa shape index (κ2) is 5.85. The fraction of sp³-hybridized carbons (Fsp3) is 0.273. The molecule has 12 heteroatoms. The van der Waals surface area contributed by atoms with Gasteiger partial charge in [-0.05, 0) is 13.8 Å². The summed E-state index contributed by atoms with van der Waals surface area (Å²) < 4.78 is 101. The van der Waals surface area contributed by atoms with Gasteiger partial charge >= 0.3 is 21.1 Å². The van der Waals surface area contributed by atoms with Crippen molar-refractivity contribution in [2.45, 2.75) is 18.8 Å². The Morgan fingerprint density at radius 1 is 1.04 bits per heavy atom. The highest BCUT2D eigenvalue weighted by Gasteiger charge is 2.58. The number of ether oxygens (including phenoxy) is 1. The van der Waals surface area contributed by atoms with E-state index in [4.69, 9.17) is 4.55 Å². The highest BCUT2D eigenvalue weighted by molar-refractivity contribution is 7.88. The minimum absolute atomic E-state index is 0.220. The first-order valence-electron chi connectivity index (χ1n) is 5.48. The van der Waals surface area contributed by atoms with E-state index < -0.39 is 61.5 Å². The molecule has 128 valence electrons. The number of ketones is 1. The van der Waals surface area contributed by atoms with Crippen molar-refractivity contribution in [3.05, 3.63) is 28.8 Å². The van der Waals surface area contributed by atoms with Crippen molar-refractivity contribution in [3.8, 4) is 5.75 Å². The number of halogens is 5. The molecule has 0 aromatic heterocycles. The third-order valence-corrected chi connectivity index (χ3v) is 3.87. The largest absolute Gasteiger partial charge is 0.416 e. The Kier molecular flexibility index (Phi) is 4.82. The summed E-state index contributed by atoms with van der Waals surface area (Å²) in [5, 5.41) is -4.70. The van der Waals surface area contributed by atoms with Crippen LogP contribution >= 0.6 is 0 Å². The molecule has 0 heterocycles. The quantitative estimate of drug-likeness (QED) is 0.166. The lowest BCUT2D eigenvalue weighted by atomic mass is 10.2. The lowest BCUT2D eigenvalue weighted by molar-refractivity contribution is -0.148. The number of Topliss-reactive ketones (excluding diaryl/α,β-unsaturated/α-hetero) is 1. The topological polar surface area (TPSA) is 97.7 Å². The Labute approximate surface area is 125 Å².